The Morgan fingerprint density at radius 2 is 2.20 bits per heavy atom. The van der Waals surface area contributed by atoms with Gasteiger partial charge in [0, 0.05) is 5.33 Å². The smallest absolute Gasteiger partial charge is 0.341 e. The molecule has 0 amide bonds. The molecular weight excluding hydrogens is 263 g/mol. The molecule has 0 aromatic heterocycles. The van der Waals surface area contributed by atoms with Gasteiger partial charge in [-0.3, -0.25) is 0 Å². The Labute approximate surface area is 96.6 Å². The summed E-state index contributed by atoms with van der Waals surface area (Å²) >= 11 is 3.20. The lowest BCUT2D eigenvalue weighted by Crippen LogP contribution is -2.15. The minimum absolute atomic E-state index is 0.0167. The average molecular weight is 275 g/mol. The molecule has 0 N–H and O–H groups in total. The quantitative estimate of drug-likeness (QED) is 0.625. The van der Waals surface area contributed by atoms with E-state index in [9.17, 15) is 9.18 Å². The second kappa shape index (κ2) is 5.26. The predicted octanol–water partition coefficient (Wildman–Crippen LogP) is 3.29. The maximum atomic E-state index is 13.4. The Hall–Kier alpha value is -0.900. The molecule has 0 unspecified atom stereocenters. The van der Waals surface area contributed by atoms with E-state index in [0.29, 0.717) is 10.9 Å². The third-order valence-electron chi connectivity index (χ3n) is 1.79. The van der Waals surface area contributed by atoms with Gasteiger partial charge >= 0.3 is 5.97 Å². The summed E-state index contributed by atoms with van der Waals surface area (Å²) in [5, 5.41) is 0.424. The number of esters is 1. The van der Waals surface area contributed by atoms with Crippen molar-refractivity contribution in [2.75, 3.05) is 0 Å². The molecular formula is C11H12BrFO2. The summed E-state index contributed by atoms with van der Waals surface area (Å²) in [5.41, 5.74) is 0.615. The second-order valence-electron chi connectivity index (χ2n) is 3.36. The molecule has 15 heavy (non-hydrogen) atoms. The van der Waals surface area contributed by atoms with E-state index in [4.69, 9.17) is 4.74 Å². The van der Waals surface area contributed by atoms with Crippen LogP contribution < -0.4 is 0 Å². The summed E-state index contributed by atoms with van der Waals surface area (Å²) in [7, 11) is 0. The van der Waals surface area contributed by atoms with Gasteiger partial charge in [-0.25, -0.2) is 9.18 Å². The highest BCUT2D eigenvalue weighted by Gasteiger charge is 2.18. The first-order valence-electron chi connectivity index (χ1n) is 4.60. The molecule has 82 valence electrons. The van der Waals surface area contributed by atoms with Crippen LogP contribution in [-0.4, -0.2) is 12.1 Å². The van der Waals surface area contributed by atoms with Crippen LogP contribution in [0, 0.1) is 5.82 Å². The van der Waals surface area contributed by atoms with E-state index in [1.54, 1.807) is 26.0 Å². The molecule has 0 saturated heterocycles. The first kappa shape index (κ1) is 12.2. The average Bonchev–Trinajstić information content (AvgIpc) is 2.15. The highest BCUT2D eigenvalue weighted by Crippen LogP contribution is 2.18. The molecule has 0 bridgehead atoms. The molecule has 0 saturated carbocycles. The molecule has 0 aliphatic carbocycles. The standard InChI is InChI=1S/C11H12BrFO2/c1-7(2)15-11(14)10-8(6-12)4-3-5-9(10)13/h3-5,7H,6H2,1-2H3. The van der Waals surface area contributed by atoms with Gasteiger partial charge in [-0.1, -0.05) is 28.1 Å². The van der Waals surface area contributed by atoms with Gasteiger partial charge in [0.15, 0.2) is 0 Å². The summed E-state index contributed by atoms with van der Waals surface area (Å²) in [5.74, 6) is -1.16. The van der Waals surface area contributed by atoms with Gasteiger partial charge in [-0.2, -0.15) is 0 Å². The number of rotatable bonds is 3. The van der Waals surface area contributed by atoms with E-state index in [2.05, 4.69) is 15.9 Å². The number of ether oxygens (including phenoxy) is 1. The summed E-state index contributed by atoms with van der Waals surface area (Å²) in [6.07, 6.45) is -0.250. The monoisotopic (exact) mass is 274 g/mol. The van der Waals surface area contributed by atoms with E-state index in [1.807, 2.05) is 0 Å². The van der Waals surface area contributed by atoms with Crippen molar-refractivity contribution in [3.8, 4) is 0 Å². The van der Waals surface area contributed by atoms with Crippen LogP contribution in [0.15, 0.2) is 18.2 Å². The maximum absolute atomic E-state index is 13.4. The van der Waals surface area contributed by atoms with Crippen LogP contribution in [0.2, 0.25) is 0 Å². The zero-order valence-electron chi connectivity index (χ0n) is 8.59. The normalized spacial score (nSPS) is 10.5. The number of carbonyl (C=O) groups excluding carboxylic acids is 1. The zero-order chi connectivity index (χ0) is 11.4. The topological polar surface area (TPSA) is 26.3 Å². The lowest BCUT2D eigenvalue weighted by molar-refractivity contribution is 0.0371. The first-order valence-corrected chi connectivity index (χ1v) is 5.72. The maximum Gasteiger partial charge on any atom is 0.341 e. The number of carbonyl (C=O) groups is 1. The molecule has 4 heteroatoms. The second-order valence-corrected chi connectivity index (χ2v) is 3.92. The van der Waals surface area contributed by atoms with Crippen molar-refractivity contribution in [1.29, 1.82) is 0 Å². The van der Waals surface area contributed by atoms with Crippen molar-refractivity contribution in [3.05, 3.63) is 35.1 Å². The van der Waals surface area contributed by atoms with Crippen LogP contribution in [0.1, 0.15) is 29.8 Å². The summed E-state index contributed by atoms with van der Waals surface area (Å²) in [6, 6.07) is 4.51. The molecule has 1 aromatic rings. The highest BCUT2D eigenvalue weighted by molar-refractivity contribution is 9.08. The summed E-state index contributed by atoms with van der Waals surface area (Å²) < 4.78 is 18.4. The Kier molecular flexibility index (Phi) is 4.27. The highest BCUT2D eigenvalue weighted by atomic mass is 79.9. The van der Waals surface area contributed by atoms with Gasteiger partial charge in [0.2, 0.25) is 0 Å². The Morgan fingerprint density at radius 3 is 2.73 bits per heavy atom. The minimum atomic E-state index is -0.613. The SMILES string of the molecule is CC(C)OC(=O)c1c(F)cccc1CBr. The van der Waals surface area contributed by atoms with Crippen LogP contribution in [0.3, 0.4) is 0 Å². The number of hydrogen-bond acceptors (Lipinski definition) is 2. The van der Waals surface area contributed by atoms with E-state index in [-0.39, 0.29) is 11.7 Å². The summed E-state index contributed by atoms with van der Waals surface area (Å²) in [6.45, 7) is 3.46. The fraction of sp³-hybridized carbons (Fsp3) is 0.364. The molecule has 0 heterocycles. The van der Waals surface area contributed by atoms with Crippen molar-refractivity contribution < 1.29 is 13.9 Å². The van der Waals surface area contributed by atoms with E-state index >= 15 is 0 Å². The van der Waals surface area contributed by atoms with Crippen LogP contribution in [0.5, 0.6) is 0 Å². The third kappa shape index (κ3) is 3.02. The van der Waals surface area contributed by atoms with Gasteiger partial charge in [-0.05, 0) is 25.5 Å². The van der Waals surface area contributed by atoms with Gasteiger partial charge in [-0.15, -0.1) is 0 Å². The molecule has 0 radical (unpaired) electrons. The van der Waals surface area contributed by atoms with Crippen LogP contribution in [0.25, 0.3) is 0 Å². The van der Waals surface area contributed by atoms with E-state index in [1.165, 1.54) is 6.07 Å². The number of benzene rings is 1. The van der Waals surface area contributed by atoms with E-state index < -0.39 is 11.8 Å². The van der Waals surface area contributed by atoms with Gasteiger partial charge in [0.25, 0.3) is 0 Å². The number of hydrogen-bond donors (Lipinski definition) is 0. The Bertz CT molecular complexity index is 364. The molecule has 2 nitrogen and oxygen atoms in total. The fourth-order valence-electron chi connectivity index (χ4n) is 1.18. The van der Waals surface area contributed by atoms with E-state index in [0.717, 1.165) is 0 Å². The van der Waals surface area contributed by atoms with Gasteiger partial charge < -0.3 is 4.74 Å². The molecule has 0 spiro atoms. The van der Waals surface area contributed by atoms with Gasteiger partial charge in [0.05, 0.1) is 11.7 Å². The predicted molar refractivity (Wildman–Crippen MR) is 59.6 cm³/mol. The molecule has 1 rings (SSSR count). The fourth-order valence-corrected chi connectivity index (χ4v) is 1.65. The van der Waals surface area contributed by atoms with Crippen LogP contribution in [0.4, 0.5) is 4.39 Å². The third-order valence-corrected chi connectivity index (χ3v) is 2.39. The van der Waals surface area contributed by atoms with Crippen molar-refractivity contribution in [3.63, 3.8) is 0 Å². The van der Waals surface area contributed by atoms with Crippen LogP contribution in [-0.2, 0) is 10.1 Å². The summed E-state index contributed by atoms with van der Waals surface area (Å²) in [4.78, 5) is 11.6. The zero-order valence-corrected chi connectivity index (χ0v) is 10.2. The molecule has 0 aliphatic rings. The first-order chi connectivity index (χ1) is 7.06. The van der Waals surface area contributed by atoms with Gasteiger partial charge in [0.1, 0.15) is 5.82 Å². The molecule has 1 aromatic carbocycles. The van der Waals surface area contributed by atoms with Crippen molar-refractivity contribution in [2.45, 2.75) is 25.3 Å². The molecule has 0 atom stereocenters. The molecule has 0 aliphatic heterocycles. The molecule has 0 fully saturated rings. The Morgan fingerprint density at radius 1 is 1.53 bits per heavy atom. The van der Waals surface area contributed by atoms with Crippen molar-refractivity contribution >= 4 is 21.9 Å². The largest absolute Gasteiger partial charge is 0.459 e. The Balaban J connectivity index is 3.06. The number of alkyl halides is 1. The van der Waals surface area contributed by atoms with Crippen molar-refractivity contribution in [1.82, 2.24) is 0 Å². The van der Waals surface area contributed by atoms with Crippen LogP contribution >= 0.6 is 15.9 Å². The van der Waals surface area contributed by atoms with Crippen molar-refractivity contribution in [2.24, 2.45) is 0 Å². The minimum Gasteiger partial charge on any atom is -0.459 e. The number of halogens is 2. The lowest BCUT2D eigenvalue weighted by atomic mass is 10.1. The lowest BCUT2D eigenvalue weighted by Gasteiger charge is -2.11.